The van der Waals surface area contributed by atoms with Crippen LogP contribution in [0.25, 0.3) is 10.8 Å². The summed E-state index contributed by atoms with van der Waals surface area (Å²) in [6.07, 6.45) is 2.89. The lowest BCUT2D eigenvalue weighted by atomic mass is 9.95. The molecule has 2 aliphatic rings. The van der Waals surface area contributed by atoms with E-state index >= 15 is 0 Å². The minimum atomic E-state index is -0.122. The van der Waals surface area contributed by atoms with Gasteiger partial charge >= 0.3 is 0 Å². The highest BCUT2D eigenvalue weighted by Gasteiger charge is 2.44. The molecule has 6 heteroatoms. The molecule has 5 rings (SSSR count). The number of rotatable bonds is 7. The van der Waals surface area contributed by atoms with Crippen molar-refractivity contribution in [3.63, 3.8) is 0 Å². The third kappa shape index (κ3) is 4.68. The van der Waals surface area contributed by atoms with Crippen LogP contribution in [0.1, 0.15) is 35.2 Å². The highest BCUT2D eigenvalue weighted by molar-refractivity contribution is 6.31. The quantitative estimate of drug-likeness (QED) is 0.530. The first-order valence-electron chi connectivity index (χ1n) is 11.9. The van der Waals surface area contributed by atoms with Crippen LogP contribution < -0.4 is 10.2 Å². The predicted molar refractivity (Wildman–Crippen MR) is 138 cm³/mol. The Bertz CT molecular complexity index is 1230. The Morgan fingerprint density at radius 3 is 2.47 bits per heavy atom. The van der Waals surface area contributed by atoms with Crippen LogP contribution >= 0.6 is 11.6 Å². The van der Waals surface area contributed by atoms with Crippen LogP contribution in [-0.4, -0.2) is 50.4 Å². The Hall–Kier alpha value is -2.89. The van der Waals surface area contributed by atoms with Gasteiger partial charge in [0, 0.05) is 53.7 Å². The minimum Gasteiger partial charge on any atom is -0.352 e. The third-order valence-electron chi connectivity index (χ3n) is 7.08. The first-order valence-corrected chi connectivity index (χ1v) is 12.2. The van der Waals surface area contributed by atoms with E-state index in [0.29, 0.717) is 30.1 Å². The van der Waals surface area contributed by atoms with Crippen molar-refractivity contribution in [1.82, 2.24) is 10.2 Å². The van der Waals surface area contributed by atoms with E-state index in [1.54, 1.807) is 0 Å². The second-order valence-electron chi connectivity index (χ2n) is 10.1. The van der Waals surface area contributed by atoms with Gasteiger partial charge < -0.3 is 15.1 Å². The molecular formula is C28H30ClN3O2. The topological polar surface area (TPSA) is 52.6 Å². The second-order valence-corrected chi connectivity index (χ2v) is 10.5. The summed E-state index contributed by atoms with van der Waals surface area (Å²) < 4.78 is 0. The molecule has 1 aliphatic heterocycles. The molecule has 1 aliphatic carbocycles. The summed E-state index contributed by atoms with van der Waals surface area (Å²) in [4.78, 5) is 29.5. The summed E-state index contributed by atoms with van der Waals surface area (Å²) in [5, 5.41) is 5.67. The Balaban J connectivity index is 1.19. The van der Waals surface area contributed by atoms with Crippen molar-refractivity contribution in [3.8, 4) is 0 Å². The monoisotopic (exact) mass is 475 g/mol. The smallest absolute Gasteiger partial charge is 0.251 e. The Morgan fingerprint density at radius 1 is 1.06 bits per heavy atom. The van der Waals surface area contributed by atoms with E-state index < -0.39 is 0 Å². The van der Waals surface area contributed by atoms with Crippen molar-refractivity contribution in [2.45, 2.75) is 24.7 Å². The van der Waals surface area contributed by atoms with Gasteiger partial charge in [0.05, 0.1) is 0 Å². The van der Waals surface area contributed by atoms with Crippen molar-refractivity contribution >= 4 is 39.9 Å². The molecule has 1 N–H and O–H groups in total. The van der Waals surface area contributed by atoms with Crippen LogP contribution in [-0.2, 0) is 10.2 Å². The molecule has 1 saturated carbocycles. The number of nitrogens with zero attached hydrogens (tertiary/aromatic N) is 2. The van der Waals surface area contributed by atoms with Crippen LogP contribution in [0.5, 0.6) is 0 Å². The van der Waals surface area contributed by atoms with Gasteiger partial charge in [-0.2, -0.15) is 0 Å². The van der Waals surface area contributed by atoms with E-state index in [4.69, 9.17) is 11.6 Å². The maximum atomic E-state index is 12.7. The number of nitrogens with one attached hydrogen (secondary N) is 1. The van der Waals surface area contributed by atoms with Gasteiger partial charge in [-0.3, -0.25) is 9.59 Å². The van der Waals surface area contributed by atoms with E-state index in [9.17, 15) is 9.59 Å². The van der Waals surface area contributed by atoms with Gasteiger partial charge in [0.1, 0.15) is 0 Å². The normalized spacial score (nSPS) is 19.1. The minimum absolute atomic E-state index is 0.0962. The fraction of sp³-hybridized carbons (Fsp3) is 0.357. The zero-order valence-corrected chi connectivity index (χ0v) is 20.4. The molecule has 2 fully saturated rings. The maximum absolute atomic E-state index is 12.7. The van der Waals surface area contributed by atoms with E-state index in [0.717, 1.165) is 23.0 Å². The van der Waals surface area contributed by atoms with Gasteiger partial charge in [0.25, 0.3) is 5.91 Å². The number of carbonyl (C=O) groups excluding carboxylic acids is 2. The number of likely N-dealkylation sites (N-methyl/N-ethyl adjacent to an activating group) is 1. The first-order chi connectivity index (χ1) is 16.3. The Kier molecular flexibility index (Phi) is 6.09. The van der Waals surface area contributed by atoms with Crippen molar-refractivity contribution in [1.29, 1.82) is 0 Å². The summed E-state index contributed by atoms with van der Waals surface area (Å²) >= 11 is 6.05. The van der Waals surface area contributed by atoms with Crippen LogP contribution in [0, 0.1) is 5.92 Å². The lowest BCUT2D eigenvalue weighted by molar-refractivity contribution is -0.117. The van der Waals surface area contributed by atoms with Gasteiger partial charge in [-0.05, 0) is 79.7 Å². The molecule has 176 valence electrons. The Labute approximate surface area is 205 Å². The fourth-order valence-electron chi connectivity index (χ4n) is 5.15. The molecule has 0 radical (unpaired) electrons. The summed E-state index contributed by atoms with van der Waals surface area (Å²) in [5.41, 5.74) is 3.19. The van der Waals surface area contributed by atoms with Crippen molar-refractivity contribution in [3.05, 3.63) is 76.8 Å². The summed E-state index contributed by atoms with van der Waals surface area (Å²) in [6, 6.07) is 19.7. The van der Waals surface area contributed by atoms with Crippen LogP contribution in [0.15, 0.2) is 60.7 Å². The van der Waals surface area contributed by atoms with E-state index in [-0.39, 0.29) is 23.1 Å². The standard InChI is InChI=1S/C28H30ClN3O2/c1-31(2)18-28(11-12-28)23-6-9-25(10-7-23)32-17-19(13-26(32)33)16-30-27(34)22-4-3-21-15-24(29)8-5-20(21)14-22/h3-10,14-15,19H,11-13,16-18H2,1-2H3,(H,30,34). The SMILES string of the molecule is CN(C)CC1(c2ccc(N3CC(CNC(=O)c4ccc5cc(Cl)ccc5c4)CC3=O)cc2)CC1. The van der Waals surface area contributed by atoms with Crippen molar-refractivity contribution < 1.29 is 9.59 Å². The van der Waals surface area contributed by atoms with E-state index in [1.165, 1.54) is 18.4 Å². The molecule has 1 saturated heterocycles. The highest BCUT2D eigenvalue weighted by atomic mass is 35.5. The molecule has 3 aromatic rings. The van der Waals surface area contributed by atoms with Gasteiger partial charge in [0.2, 0.25) is 5.91 Å². The molecule has 5 nitrogen and oxygen atoms in total. The van der Waals surface area contributed by atoms with Crippen LogP contribution in [0.3, 0.4) is 0 Å². The molecule has 0 bridgehead atoms. The molecule has 2 amide bonds. The molecule has 1 heterocycles. The van der Waals surface area contributed by atoms with Crippen LogP contribution in [0.2, 0.25) is 5.02 Å². The number of hydrogen-bond acceptors (Lipinski definition) is 3. The second kappa shape index (κ2) is 9.05. The van der Waals surface area contributed by atoms with Crippen LogP contribution in [0.4, 0.5) is 5.69 Å². The van der Waals surface area contributed by atoms with Gasteiger partial charge in [-0.25, -0.2) is 0 Å². The maximum Gasteiger partial charge on any atom is 0.251 e. The number of halogens is 1. The molecule has 0 aromatic heterocycles. The average Bonchev–Trinajstić information content (AvgIpc) is 3.50. The van der Waals surface area contributed by atoms with Crippen molar-refractivity contribution in [2.24, 2.45) is 5.92 Å². The van der Waals surface area contributed by atoms with Gasteiger partial charge in [0.15, 0.2) is 0 Å². The number of fused-ring (bicyclic) bond motifs is 1. The number of benzene rings is 3. The number of amides is 2. The molecule has 3 aromatic carbocycles. The number of anilines is 1. The average molecular weight is 476 g/mol. The van der Waals surface area contributed by atoms with Gasteiger partial charge in [-0.15, -0.1) is 0 Å². The first kappa shape index (κ1) is 22.9. The zero-order chi connectivity index (χ0) is 23.9. The van der Waals surface area contributed by atoms with E-state index in [1.807, 2.05) is 41.3 Å². The zero-order valence-electron chi connectivity index (χ0n) is 19.7. The summed E-state index contributed by atoms with van der Waals surface area (Å²) in [5.74, 6) is 0.0886. The lowest BCUT2D eigenvalue weighted by Crippen LogP contribution is -2.31. The van der Waals surface area contributed by atoms with Gasteiger partial charge in [-0.1, -0.05) is 35.9 Å². The molecule has 1 unspecified atom stereocenters. The molecule has 34 heavy (non-hydrogen) atoms. The fourth-order valence-corrected chi connectivity index (χ4v) is 5.33. The largest absolute Gasteiger partial charge is 0.352 e. The molecular weight excluding hydrogens is 446 g/mol. The lowest BCUT2D eigenvalue weighted by Gasteiger charge is -2.22. The van der Waals surface area contributed by atoms with Crippen molar-refractivity contribution in [2.75, 3.05) is 38.6 Å². The Morgan fingerprint density at radius 2 is 1.76 bits per heavy atom. The summed E-state index contributed by atoms with van der Waals surface area (Å²) in [6.45, 7) is 2.16. The molecule has 0 spiro atoms. The highest BCUT2D eigenvalue weighted by Crippen LogP contribution is 2.48. The molecule has 1 atom stereocenters. The third-order valence-corrected chi connectivity index (χ3v) is 7.32. The van der Waals surface area contributed by atoms with E-state index in [2.05, 4.69) is 48.6 Å². The number of carbonyl (C=O) groups is 2. The predicted octanol–water partition coefficient (Wildman–Crippen LogP) is 4.87. The number of hydrogen-bond donors (Lipinski definition) is 1. The summed E-state index contributed by atoms with van der Waals surface area (Å²) in [7, 11) is 4.23.